The molecule has 0 fully saturated rings. The van der Waals surface area contributed by atoms with Crippen LogP contribution in [0.2, 0.25) is 0 Å². The van der Waals surface area contributed by atoms with Crippen LogP contribution in [0.1, 0.15) is 50.5 Å². The van der Waals surface area contributed by atoms with Gasteiger partial charge in [0.25, 0.3) is 0 Å². The molecule has 19 heavy (non-hydrogen) atoms. The predicted octanol–water partition coefficient (Wildman–Crippen LogP) is 2.24. The molecule has 0 aliphatic carbocycles. The molecule has 0 spiro atoms. The fourth-order valence-corrected chi connectivity index (χ4v) is 2.07. The van der Waals surface area contributed by atoms with Crippen molar-refractivity contribution in [3.05, 3.63) is 22.8 Å². The first-order valence-electron chi connectivity index (χ1n) is 7.09. The molecule has 1 heterocycles. The lowest BCUT2D eigenvalue weighted by Gasteiger charge is -2.24. The molecule has 0 aromatic carbocycles. The lowest BCUT2D eigenvalue weighted by atomic mass is 10.0. The van der Waals surface area contributed by atoms with Gasteiger partial charge in [0.2, 0.25) is 0 Å². The molecule has 0 aliphatic rings. The van der Waals surface area contributed by atoms with Gasteiger partial charge >= 0.3 is 0 Å². The van der Waals surface area contributed by atoms with Gasteiger partial charge in [0.15, 0.2) is 5.82 Å². The van der Waals surface area contributed by atoms with Gasteiger partial charge in [-0.25, -0.2) is 9.97 Å². The van der Waals surface area contributed by atoms with E-state index in [0.29, 0.717) is 0 Å². The van der Waals surface area contributed by atoms with E-state index in [2.05, 4.69) is 19.2 Å². The molecule has 0 unspecified atom stereocenters. The number of aryl methyl sites for hydroxylation is 2. The van der Waals surface area contributed by atoms with E-state index in [1.165, 1.54) is 5.56 Å². The second-order valence-corrected chi connectivity index (χ2v) is 5.19. The van der Waals surface area contributed by atoms with Crippen LogP contribution in [0.4, 0.5) is 0 Å². The van der Waals surface area contributed by atoms with Crippen molar-refractivity contribution in [3.8, 4) is 0 Å². The molecule has 0 radical (unpaired) electrons. The standard InChI is InChI=1S/C15H27N3O/c1-7-12-11(9-10-16-5)13(8-2)18-14(17-12)15(3,4)19-6/h16H,7-10H2,1-6H3. The topological polar surface area (TPSA) is 47.0 Å². The maximum Gasteiger partial charge on any atom is 0.160 e. The van der Waals surface area contributed by atoms with Crippen LogP contribution in [0.5, 0.6) is 0 Å². The van der Waals surface area contributed by atoms with Crippen molar-refractivity contribution in [2.45, 2.75) is 52.6 Å². The van der Waals surface area contributed by atoms with Crippen LogP contribution in [-0.4, -0.2) is 30.7 Å². The molecule has 1 aromatic heterocycles. The zero-order valence-electron chi connectivity index (χ0n) is 13.1. The van der Waals surface area contributed by atoms with Gasteiger partial charge in [-0.1, -0.05) is 13.8 Å². The van der Waals surface area contributed by atoms with E-state index < -0.39 is 5.60 Å². The smallest absolute Gasteiger partial charge is 0.160 e. The summed E-state index contributed by atoms with van der Waals surface area (Å²) in [7, 11) is 3.68. The van der Waals surface area contributed by atoms with Gasteiger partial charge in [-0.15, -0.1) is 0 Å². The van der Waals surface area contributed by atoms with Crippen LogP contribution >= 0.6 is 0 Å². The summed E-state index contributed by atoms with van der Waals surface area (Å²) in [5.74, 6) is 0.789. The summed E-state index contributed by atoms with van der Waals surface area (Å²) in [6.45, 7) is 9.27. The van der Waals surface area contributed by atoms with E-state index in [1.54, 1.807) is 7.11 Å². The second kappa shape index (κ2) is 6.96. The van der Waals surface area contributed by atoms with Gasteiger partial charge in [0.1, 0.15) is 5.60 Å². The van der Waals surface area contributed by atoms with E-state index in [4.69, 9.17) is 14.7 Å². The number of nitrogens with zero attached hydrogens (tertiary/aromatic N) is 2. The molecule has 1 rings (SSSR count). The highest BCUT2D eigenvalue weighted by atomic mass is 16.5. The van der Waals surface area contributed by atoms with Crippen molar-refractivity contribution in [1.29, 1.82) is 0 Å². The third-order valence-electron chi connectivity index (χ3n) is 3.52. The predicted molar refractivity (Wildman–Crippen MR) is 78.5 cm³/mol. The average Bonchev–Trinajstić information content (AvgIpc) is 2.43. The molecule has 1 N–H and O–H groups in total. The Morgan fingerprint density at radius 1 is 1.11 bits per heavy atom. The minimum Gasteiger partial charge on any atom is -0.371 e. The fourth-order valence-electron chi connectivity index (χ4n) is 2.07. The molecule has 4 nitrogen and oxygen atoms in total. The second-order valence-electron chi connectivity index (χ2n) is 5.19. The molecule has 0 saturated carbocycles. The van der Waals surface area contributed by atoms with Crippen molar-refractivity contribution in [2.24, 2.45) is 0 Å². The first-order chi connectivity index (χ1) is 9.00. The third kappa shape index (κ3) is 3.74. The number of nitrogens with one attached hydrogen (secondary N) is 1. The molecule has 4 heteroatoms. The third-order valence-corrected chi connectivity index (χ3v) is 3.52. The zero-order valence-corrected chi connectivity index (χ0v) is 13.1. The summed E-state index contributed by atoms with van der Waals surface area (Å²) >= 11 is 0. The van der Waals surface area contributed by atoms with E-state index >= 15 is 0 Å². The molecule has 0 atom stereocenters. The molecule has 0 aliphatic heterocycles. The molecule has 0 amide bonds. The van der Waals surface area contributed by atoms with Gasteiger partial charge in [-0.2, -0.15) is 0 Å². The summed E-state index contributed by atoms with van der Waals surface area (Å²) in [5, 5.41) is 3.19. The van der Waals surface area contributed by atoms with Crippen LogP contribution in [0.15, 0.2) is 0 Å². The SMILES string of the molecule is CCc1nc(C(C)(C)OC)nc(CC)c1CCNC. The summed E-state index contributed by atoms with van der Waals surface area (Å²) in [6, 6.07) is 0. The van der Waals surface area contributed by atoms with E-state index in [1.807, 2.05) is 20.9 Å². The zero-order chi connectivity index (χ0) is 14.5. The number of hydrogen-bond donors (Lipinski definition) is 1. The Morgan fingerprint density at radius 3 is 2.00 bits per heavy atom. The molecule has 0 saturated heterocycles. The van der Waals surface area contributed by atoms with Crippen LogP contribution in [0.3, 0.4) is 0 Å². The Hall–Kier alpha value is -1.00. The Labute approximate surface area is 117 Å². The molecular weight excluding hydrogens is 238 g/mol. The Balaban J connectivity index is 3.27. The van der Waals surface area contributed by atoms with E-state index in [0.717, 1.165) is 43.0 Å². The first kappa shape index (κ1) is 16.1. The van der Waals surface area contributed by atoms with Gasteiger partial charge in [0.05, 0.1) is 0 Å². The Morgan fingerprint density at radius 2 is 1.63 bits per heavy atom. The van der Waals surface area contributed by atoms with Gasteiger partial charge in [-0.05, 0) is 52.3 Å². The van der Waals surface area contributed by atoms with Gasteiger partial charge in [0, 0.05) is 18.5 Å². The number of methoxy groups -OCH3 is 1. The normalized spacial score (nSPS) is 11.9. The van der Waals surface area contributed by atoms with Crippen LogP contribution in [0.25, 0.3) is 0 Å². The average molecular weight is 265 g/mol. The fraction of sp³-hybridized carbons (Fsp3) is 0.733. The van der Waals surface area contributed by atoms with Crippen molar-refractivity contribution >= 4 is 0 Å². The Kier molecular flexibility index (Phi) is 5.88. The number of ether oxygens (including phenoxy) is 1. The van der Waals surface area contributed by atoms with Crippen molar-refractivity contribution in [3.63, 3.8) is 0 Å². The largest absolute Gasteiger partial charge is 0.371 e. The number of hydrogen-bond acceptors (Lipinski definition) is 4. The quantitative estimate of drug-likeness (QED) is 0.821. The molecule has 0 bridgehead atoms. The summed E-state index contributed by atoms with van der Waals surface area (Å²) < 4.78 is 5.51. The maximum atomic E-state index is 5.51. The first-order valence-corrected chi connectivity index (χ1v) is 7.09. The van der Waals surface area contributed by atoms with Crippen molar-refractivity contribution in [1.82, 2.24) is 15.3 Å². The summed E-state index contributed by atoms with van der Waals surface area (Å²) in [6.07, 6.45) is 2.85. The highest BCUT2D eigenvalue weighted by molar-refractivity contribution is 5.28. The summed E-state index contributed by atoms with van der Waals surface area (Å²) in [4.78, 5) is 9.46. The lowest BCUT2D eigenvalue weighted by molar-refractivity contribution is 0.0110. The lowest BCUT2D eigenvalue weighted by Crippen LogP contribution is -2.26. The number of rotatable bonds is 7. The molecule has 108 valence electrons. The highest BCUT2D eigenvalue weighted by Crippen LogP contribution is 2.23. The van der Waals surface area contributed by atoms with E-state index in [-0.39, 0.29) is 0 Å². The van der Waals surface area contributed by atoms with Crippen LogP contribution in [0, 0.1) is 0 Å². The van der Waals surface area contributed by atoms with Gasteiger partial charge in [-0.3, -0.25) is 0 Å². The number of aromatic nitrogens is 2. The van der Waals surface area contributed by atoms with Gasteiger partial charge < -0.3 is 10.1 Å². The van der Waals surface area contributed by atoms with E-state index in [9.17, 15) is 0 Å². The minimum atomic E-state index is -0.435. The highest BCUT2D eigenvalue weighted by Gasteiger charge is 2.25. The van der Waals surface area contributed by atoms with Crippen molar-refractivity contribution < 1.29 is 4.74 Å². The molecular formula is C15H27N3O. The number of likely N-dealkylation sites (N-methyl/N-ethyl adjacent to an activating group) is 1. The molecule has 1 aromatic rings. The monoisotopic (exact) mass is 265 g/mol. The van der Waals surface area contributed by atoms with Crippen molar-refractivity contribution in [2.75, 3.05) is 20.7 Å². The maximum absolute atomic E-state index is 5.51. The van der Waals surface area contributed by atoms with Crippen LogP contribution < -0.4 is 5.32 Å². The minimum absolute atomic E-state index is 0.435. The summed E-state index contributed by atoms with van der Waals surface area (Å²) in [5.41, 5.74) is 3.18. The Bertz CT molecular complexity index is 391. The van der Waals surface area contributed by atoms with Crippen LogP contribution in [-0.2, 0) is 29.6 Å².